The van der Waals surface area contributed by atoms with E-state index in [1.54, 1.807) is 14.2 Å². The van der Waals surface area contributed by atoms with Crippen LogP contribution >= 0.6 is 0 Å². The maximum Gasteiger partial charge on any atom is 0.318 e. The average molecular weight is 445 g/mol. The number of hydrogen-bond donors (Lipinski definition) is 0. The molecular weight excluding hydrogens is 412 g/mol. The number of carbonyl (C=O) groups excluding carboxylic acids is 1. The van der Waals surface area contributed by atoms with E-state index < -0.39 is 0 Å². The Bertz CT molecular complexity index is 1060. The van der Waals surface area contributed by atoms with Crippen LogP contribution in [-0.4, -0.2) is 20.2 Å². The van der Waals surface area contributed by atoms with Crippen molar-refractivity contribution >= 4 is 18.1 Å². The highest BCUT2D eigenvalue weighted by atomic mass is 16.5. The molecule has 0 saturated carbocycles. The number of ether oxygens (including phenoxy) is 3. The minimum absolute atomic E-state index is 0.265. The van der Waals surface area contributed by atoms with Crippen LogP contribution < -0.4 is 14.2 Å². The molecule has 0 fully saturated rings. The molecule has 0 aliphatic carbocycles. The van der Waals surface area contributed by atoms with E-state index in [1.165, 1.54) is 5.56 Å². The molecule has 0 radical (unpaired) electrons. The van der Waals surface area contributed by atoms with Crippen molar-refractivity contribution in [3.05, 3.63) is 89.0 Å². The van der Waals surface area contributed by atoms with Gasteiger partial charge in [0.25, 0.3) is 0 Å². The third-order valence-corrected chi connectivity index (χ3v) is 5.42. The van der Waals surface area contributed by atoms with E-state index in [2.05, 4.69) is 26.0 Å². The van der Waals surface area contributed by atoms with Gasteiger partial charge in [-0.15, -0.1) is 0 Å². The van der Waals surface area contributed by atoms with Crippen LogP contribution in [0.15, 0.2) is 66.7 Å². The molecule has 1 atom stereocenters. The summed E-state index contributed by atoms with van der Waals surface area (Å²) in [5.74, 6) is 2.01. The molecule has 0 aromatic heterocycles. The predicted octanol–water partition coefficient (Wildman–Crippen LogP) is 6.78. The normalized spacial score (nSPS) is 12.1. The van der Waals surface area contributed by atoms with Crippen LogP contribution in [0.3, 0.4) is 0 Å². The fourth-order valence-corrected chi connectivity index (χ4v) is 3.52. The van der Waals surface area contributed by atoms with Crippen LogP contribution in [0.2, 0.25) is 0 Å². The largest absolute Gasteiger partial charge is 0.497 e. The lowest BCUT2D eigenvalue weighted by atomic mass is 9.97. The number of benzene rings is 3. The third-order valence-electron chi connectivity index (χ3n) is 5.42. The van der Waals surface area contributed by atoms with Gasteiger partial charge < -0.3 is 14.2 Å². The Kier molecular flexibility index (Phi) is 8.31. The van der Waals surface area contributed by atoms with Gasteiger partial charge in [-0.25, -0.2) is 0 Å². The van der Waals surface area contributed by atoms with Gasteiger partial charge >= 0.3 is 5.97 Å². The summed E-state index contributed by atoms with van der Waals surface area (Å²) >= 11 is 0. The van der Waals surface area contributed by atoms with Gasteiger partial charge in [-0.2, -0.15) is 0 Å². The molecule has 0 saturated heterocycles. The second kappa shape index (κ2) is 11.4. The quantitative estimate of drug-likeness (QED) is 0.207. The summed E-state index contributed by atoms with van der Waals surface area (Å²) in [5.41, 5.74) is 4.20. The maximum atomic E-state index is 12.6. The molecule has 3 rings (SSSR count). The van der Waals surface area contributed by atoms with E-state index in [9.17, 15) is 4.79 Å². The predicted molar refractivity (Wildman–Crippen MR) is 134 cm³/mol. The van der Waals surface area contributed by atoms with Crippen molar-refractivity contribution in [1.29, 1.82) is 0 Å². The molecule has 0 aliphatic heterocycles. The highest BCUT2D eigenvalue weighted by Crippen LogP contribution is 2.25. The van der Waals surface area contributed by atoms with Crippen LogP contribution in [0.5, 0.6) is 17.2 Å². The van der Waals surface area contributed by atoms with Gasteiger partial charge in [0.2, 0.25) is 0 Å². The van der Waals surface area contributed by atoms with Crippen LogP contribution in [0.25, 0.3) is 12.2 Å². The summed E-state index contributed by atoms with van der Waals surface area (Å²) < 4.78 is 16.2. The van der Waals surface area contributed by atoms with Crippen molar-refractivity contribution in [2.45, 2.75) is 33.1 Å². The first-order valence-electron chi connectivity index (χ1n) is 11.2. The van der Waals surface area contributed by atoms with Gasteiger partial charge in [0, 0.05) is 6.07 Å². The number of methoxy groups -OCH3 is 2. The molecule has 0 heterocycles. The third kappa shape index (κ3) is 6.98. The standard InChI is InChI=1S/C29H32O4/c1-20(2)16-23-8-12-25(13-9-23)21(3)29(30)33-26-14-10-22(11-15-26)6-7-24-17-27(31-4)19-28(18-24)32-5/h6-15,17-21H,16H2,1-5H3. The van der Waals surface area contributed by atoms with Gasteiger partial charge in [-0.1, -0.05) is 62.4 Å². The smallest absolute Gasteiger partial charge is 0.318 e. The molecule has 4 nitrogen and oxygen atoms in total. The first kappa shape index (κ1) is 24.1. The molecule has 0 spiro atoms. The fraction of sp³-hybridized carbons (Fsp3) is 0.276. The summed E-state index contributed by atoms with van der Waals surface area (Å²) in [6.07, 6.45) is 5.00. The monoisotopic (exact) mass is 444 g/mol. The van der Waals surface area contributed by atoms with Gasteiger partial charge in [0.15, 0.2) is 0 Å². The van der Waals surface area contributed by atoms with Crippen LogP contribution in [0.1, 0.15) is 48.9 Å². The van der Waals surface area contributed by atoms with E-state index >= 15 is 0 Å². The van der Waals surface area contributed by atoms with Gasteiger partial charge in [-0.05, 0) is 65.8 Å². The van der Waals surface area contributed by atoms with Gasteiger partial charge in [0.05, 0.1) is 20.1 Å². The van der Waals surface area contributed by atoms with Crippen molar-refractivity contribution in [3.63, 3.8) is 0 Å². The second-order valence-corrected chi connectivity index (χ2v) is 8.53. The molecule has 0 bridgehead atoms. The number of rotatable bonds is 9. The topological polar surface area (TPSA) is 44.8 Å². The van der Waals surface area contributed by atoms with E-state index in [4.69, 9.17) is 14.2 Å². The van der Waals surface area contributed by atoms with Crippen LogP contribution in [0.4, 0.5) is 0 Å². The Labute approximate surface area is 196 Å². The van der Waals surface area contributed by atoms with Crippen molar-refractivity contribution in [3.8, 4) is 17.2 Å². The van der Waals surface area contributed by atoms with E-state index in [-0.39, 0.29) is 11.9 Å². The Morgan fingerprint density at radius 2 is 1.33 bits per heavy atom. The lowest BCUT2D eigenvalue weighted by Gasteiger charge is -2.13. The highest BCUT2D eigenvalue weighted by Gasteiger charge is 2.17. The SMILES string of the molecule is COc1cc(C=Cc2ccc(OC(=O)C(C)c3ccc(CC(C)C)cc3)cc2)cc(OC)c1. The lowest BCUT2D eigenvalue weighted by molar-refractivity contribution is -0.135. The summed E-state index contributed by atoms with van der Waals surface area (Å²) in [4.78, 5) is 12.6. The molecule has 33 heavy (non-hydrogen) atoms. The summed E-state index contributed by atoms with van der Waals surface area (Å²) in [6.45, 7) is 6.27. The van der Waals surface area contributed by atoms with Crippen molar-refractivity contribution < 1.29 is 19.0 Å². The highest BCUT2D eigenvalue weighted by molar-refractivity contribution is 5.80. The van der Waals surface area contributed by atoms with Gasteiger partial charge in [-0.3, -0.25) is 4.79 Å². The molecule has 1 unspecified atom stereocenters. The minimum Gasteiger partial charge on any atom is -0.497 e. The van der Waals surface area contributed by atoms with Crippen molar-refractivity contribution in [2.24, 2.45) is 5.92 Å². The molecule has 0 aliphatic rings. The average Bonchev–Trinajstić information content (AvgIpc) is 2.83. The Morgan fingerprint density at radius 1 is 0.758 bits per heavy atom. The second-order valence-electron chi connectivity index (χ2n) is 8.53. The number of carbonyl (C=O) groups is 1. The molecule has 3 aromatic rings. The van der Waals surface area contributed by atoms with E-state index in [1.807, 2.05) is 73.7 Å². The van der Waals surface area contributed by atoms with Crippen molar-refractivity contribution in [2.75, 3.05) is 14.2 Å². The number of hydrogen-bond acceptors (Lipinski definition) is 4. The zero-order valence-electron chi connectivity index (χ0n) is 20.0. The first-order chi connectivity index (χ1) is 15.9. The summed E-state index contributed by atoms with van der Waals surface area (Å²) in [7, 11) is 3.26. The van der Waals surface area contributed by atoms with Gasteiger partial charge in [0.1, 0.15) is 17.2 Å². The Morgan fingerprint density at radius 3 is 1.88 bits per heavy atom. The molecule has 0 N–H and O–H groups in total. The first-order valence-corrected chi connectivity index (χ1v) is 11.2. The Hall–Kier alpha value is -3.53. The molecule has 3 aromatic carbocycles. The van der Waals surface area contributed by atoms with Crippen LogP contribution in [0, 0.1) is 5.92 Å². The maximum absolute atomic E-state index is 12.6. The lowest BCUT2D eigenvalue weighted by Crippen LogP contribution is -2.16. The summed E-state index contributed by atoms with van der Waals surface area (Å²) in [5, 5.41) is 0. The molecule has 172 valence electrons. The van der Waals surface area contributed by atoms with Crippen molar-refractivity contribution in [1.82, 2.24) is 0 Å². The molecular formula is C29H32O4. The zero-order valence-corrected chi connectivity index (χ0v) is 20.0. The van der Waals surface area contributed by atoms with E-state index in [0.717, 1.165) is 34.6 Å². The van der Waals surface area contributed by atoms with Crippen LogP contribution in [-0.2, 0) is 11.2 Å². The fourth-order valence-electron chi connectivity index (χ4n) is 3.52. The molecule has 0 amide bonds. The Balaban J connectivity index is 1.62. The van der Waals surface area contributed by atoms with E-state index in [0.29, 0.717) is 11.7 Å². The minimum atomic E-state index is -0.333. The summed E-state index contributed by atoms with van der Waals surface area (Å²) in [6, 6.07) is 21.4. The zero-order chi connectivity index (χ0) is 23.8. The number of esters is 1. The molecule has 4 heteroatoms.